The van der Waals surface area contributed by atoms with Gasteiger partial charge in [-0.3, -0.25) is 4.90 Å². The van der Waals surface area contributed by atoms with E-state index < -0.39 is 15.4 Å². The molecule has 6 heteroatoms. The molecule has 0 radical (unpaired) electrons. The van der Waals surface area contributed by atoms with Crippen LogP contribution in [0.25, 0.3) is 0 Å². The molecule has 6 rings (SSSR count). The molecule has 176 valence electrons. The maximum atomic E-state index is 14.6. The molecule has 1 N–H and O–H groups in total. The van der Waals surface area contributed by atoms with Crippen LogP contribution < -0.4 is 0 Å². The van der Waals surface area contributed by atoms with Gasteiger partial charge in [-0.15, -0.1) is 0 Å². The number of nitrogens with zero attached hydrogens (tertiary/aromatic N) is 1. The summed E-state index contributed by atoms with van der Waals surface area (Å²) in [5.41, 5.74) is 3.27. The fourth-order valence-electron chi connectivity index (χ4n) is 7.08. The lowest BCUT2D eigenvalue weighted by molar-refractivity contribution is 0.0139. The van der Waals surface area contributed by atoms with Gasteiger partial charge in [0.2, 0.25) is 0 Å². The summed E-state index contributed by atoms with van der Waals surface area (Å²) in [6.45, 7) is 4.64. The van der Waals surface area contributed by atoms with Gasteiger partial charge in [0.15, 0.2) is 9.84 Å². The molecule has 0 aromatic heterocycles. The maximum absolute atomic E-state index is 14.6. The fourth-order valence-corrected chi connectivity index (χ4v) is 8.80. The molecule has 2 saturated carbocycles. The molecule has 3 atom stereocenters. The molecule has 0 spiro atoms. The molecule has 4 aliphatic rings. The van der Waals surface area contributed by atoms with Gasteiger partial charge in [-0.05, 0) is 65.5 Å². The van der Waals surface area contributed by atoms with E-state index in [1.165, 1.54) is 17.2 Å². The second-order valence-corrected chi connectivity index (χ2v) is 13.3. The molecular formula is C27H32FNO3S. The van der Waals surface area contributed by atoms with Crippen molar-refractivity contribution in [2.75, 3.05) is 19.6 Å². The van der Waals surface area contributed by atoms with Crippen LogP contribution in [0, 0.1) is 17.7 Å². The molecule has 3 aliphatic carbocycles. The van der Waals surface area contributed by atoms with E-state index in [2.05, 4.69) is 24.0 Å². The Kier molecular flexibility index (Phi) is 4.86. The van der Waals surface area contributed by atoms with E-state index in [0.29, 0.717) is 36.8 Å². The largest absolute Gasteiger partial charge is 0.388 e. The summed E-state index contributed by atoms with van der Waals surface area (Å²) in [5, 5.41) is 11.0. The summed E-state index contributed by atoms with van der Waals surface area (Å²) in [7, 11) is -3.18. The van der Waals surface area contributed by atoms with Crippen molar-refractivity contribution >= 4 is 9.84 Å². The summed E-state index contributed by atoms with van der Waals surface area (Å²) in [6.07, 6.45) is 3.80. The number of sulfone groups is 1. The summed E-state index contributed by atoms with van der Waals surface area (Å²) in [5.74, 6) is 0.479. The highest BCUT2D eigenvalue weighted by Crippen LogP contribution is 2.65. The zero-order valence-electron chi connectivity index (χ0n) is 19.1. The first-order chi connectivity index (χ1) is 15.7. The number of aliphatic hydroxyl groups is 1. The van der Waals surface area contributed by atoms with Crippen molar-refractivity contribution in [3.63, 3.8) is 0 Å². The van der Waals surface area contributed by atoms with Crippen molar-refractivity contribution in [3.05, 3.63) is 70.5 Å². The average Bonchev–Trinajstić information content (AvgIpc) is 3.62. The number of β-amino-alcohol motifs (C(OH)–C–C–N with tert-alkyl or cyclic N) is 1. The predicted molar refractivity (Wildman–Crippen MR) is 126 cm³/mol. The van der Waals surface area contributed by atoms with Gasteiger partial charge in [-0.1, -0.05) is 37.3 Å². The Morgan fingerprint density at radius 2 is 1.70 bits per heavy atom. The number of halogens is 1. The number of likely N-dealkylation sites (tertiary alicyclic amines) is 1. The minimum absolute atomic E-state index is 0.0583. The minimum Gasteiger partial charge on any atom is -0.388 e. The van der Waals surface area contributed by atoms with Crippen molar-refractivity contribution < 1.29 is 17.9 Å². The third kappa shape index (κ3) is 3.65. The number of rotatable bonds is 7. The standard InChI is InChI=1S/C27H32FNO3S/c1-2-27(21-9-18(10-22(28)11-21)16-33(31,32)23-7-8-23)24-14-29(15-25(24)27)17-26(30)12-19-5-3-4-6-20(19)13-26/h3-6,9-11,23-25,30H,2,7-8,12-17H2,1H3/t24-,25+,27?. The second kappa shape index (κ2) is 7.37. The highest BCUT2D eigenvalue weighted by Gasteiger charge is 2.67. The van der Waals surface area contributed by atoms with E-state index in [9.17, 15) is 17.9 Å². The van der Waals surface area contributed by atoms with Crippen molar-refractivity contribution in [3.8, 4) is 0 Å². The minimum atomic E-state index is -3.18. The van der Waals surface area contributed by atoms with Gasteiger partial charge in [0.25, 0.3) is 0 Å². The topological polar surface area (TPSA) is 57.6 Å². The number of piperidine rings is 1. The third-order valence-corrected chi connectivity index (χ3v) is 11.0. The number of hydrogen-bond donors (Lipinski definition) is 1. The molecule has 0 bridgehead atoms. The molecule has 3 fully saturated rings. The van der Waals surface area contributed by atoms with Crippen LogP contribution in [-0.4, -0.2) is 48.9 Å². The van der Waals surface area contributed by atoms with Gasteiger partial charge in [0, 0.05) is 37.9 Å². The molecular weight excluding hydrogens is 437 g/mol. The SMILES string of the molecule is CCC1(c2cc(F)cc(CS(=O)(=O)C3CC3)c2)[C@@H]2CN(CC3(O)Cc4ccccc4C3)C[C@@H]21. The fraction of sp³-hybridized carbons (Fsp3) is 0.556. The lowest BCUT2D eigenvalue weighted by Gasteiger charge is -2.32. The van der Waals surface area contributed by atoms with Crippen molar-refractivity contribution in [1.82, 2.24) is 4.90 Å². The van der Waals surface area contributed by atoms with Crippen LogP contribution in [-0.2, 0) is 33.8 Å². The molecule has 4 nitrogen and oxygen atoms in total. The van der Waals surface area contributed by atoms with E-state index in [1.54, 1.807) is 6.07 Å². The average molecular weight is 470 g/mol. The van der Waals surface area contributed by atoms with Crippen LogP contribution in [0.15, 0.2) is 42.5 Å². The van der Waals surface area contributed by atoms with Crippen molar-refractivity contribution in [2.45, 2.75) is 61.0 Å². The van der Waals surface area contributed by atoms with E-state index >= 15 is 0 Å². The summed E-state index contributed by atoms with van der Waals surface area (Å²) in [4.78, 5) is 2.38. The van der Waals surface area contributed by atoms with Gasteiger partial charge < -0.3 is 5.11 Å². The molecule has 2 aromatic rings. The Morgan fingerprint density at radius 1 is 1.06 bits per heavy atom. The Bertz CT molecular complexity index is 1170. The van der Waals surface area contributed by atoms with Gasteiger partial charge >= 0.3 is 0 Å². The van der Waals surface area contributed by atoms with E-state index in [4.69, 9.17) is 0 Å². The third-order valence-electron chi connectivity index (χ3n) is 8.77. The van der Waals surface area contributed by atoms with Gasteiger partial charge in [-0.2, -0.15) is 0 Å². The van der Waals surface area contributed by atoms with Crippen molar-refractivity contribution in [1.29, 1.82) is 0 Å². The predicted octanol–water partition coefficient (Wildman–Crippen LogP) is 3.64. The van der Waals surface area contributed by atoms with Crippen LogP contribution in [0.1, 0.15) is 48.4 Å². The first kappa shape index (κ1) is 21.8. The van der Waals surface area contributed by atoms with Crippen LogP contribution >= 0.6 is 0 Å². The van der Waals surface area contributed by atoms with Gasteiger partial charge in [-0.25, -0.2) is 12.8 Å². The Morgan fingerprint density at radius 3 is 2.27 bits per heavy atom. The van der Waals surface area contributed by atoms with Crippen LogP contribution in [0.5, 0.6) is 0 Å². The lowest BCUT2D eigenvalue weighted by atomic mass is 9.86. The van der Waals surface area contributed by atoms with Crippen LogP contribution in [0.3, 0.4) is 0 Å². The van der Waals surface area contributed by atoms with E-state index in [1.807, 2.05) is 18.2 Å². The summed E-state index contributed by atoms with van der Waals surface area (Å²) in [6, 6.07) is 13.3. The zero-order chi connectivity index (χ0) is 23.0. The van der Waals surface area contributed by atoms with Gasteiger partial charge in [0.1, 0.15) is 5.82 Å². The zero-order valence-corrected chi connectivity index (χ0v) is 20.0. The lowest BCUT2D eigenvalue weighted by Crippen LogP contribution is -2.45. The number of hydrogen-bond acceptors (Lipinski definition) is 4. The molecule has 1 heterocycles. The molecule has 0 amide bonds. The highest BCUT2D eigenvalue weighted by atomic mass is 32.2. The van der Waals surface area contributed by atoms with Crippen LogP contribution in [0.4, 0.5) is 4.39 Å². The Balaban J connectivity index is 1.17. The normalized spacial score (nSPS) is 30.3. The highest BCUT2D eigenvalue weighted by molar-refractivity contribution is 7.91. The van der Waals surface area contributed by atoms with Crippen molar-refractivity contribution in [2.24, 2.45) is 11.8 Å². The summed E-state index contributed by atoms with van der Waals surface area (Å²) >= 11 is 0. The molecule has 1 unspecified atom stereocenters. The molecule has 1 aliphatic heterocycles. The second-order valence-electron chi connectivity index (χ2n) is 11.0. The van der Waals surface area contributed by atoms with Gasteiger partial charge in [0.05, 0.1) is 16.6 Å². The monoisotopic (exact) mass is 469 g/mol. The maximum Gasteiger partial charge on any atom is 0.157 e. The first-order valence-electron chi connectivity index (χ1n) is 12.3. The molecule has 33 heavy (non-hydrogen) atoms. The molecule has 2 aromatic carbocycles. The Labute approximate surface area is 195 Å². The summed E-state index contributed by atoms with van der Waals surface area (Å²) < 4.78 is 39.5. The first-order valence-corrected chi connectivity index (χ1v) is 14.0. The smallest absolute Gasteiger partial charge is 0.157 e. The quantitative estimate of drug-likeness (QED) is 0.673. The van der Waals surface area contributed by atoms with E-state index in [0.717, 1.165) is 37.9 Å². The number of fused-ring (bicyclic) bond motifs is 2. The van der Waals surface area contributed by atoms with E-state index in [-0.39, 0.29) is 22.2 Å². The molecule has 1 saturated heterocycles. The van der Waals surface area contributed by atoms with Crippen LogP contribution in [0.2, 0.25) is 0 Å². The number of benzene rings is 2. The Hall–Kier alpha value is -1.76.